The second-order valence-corrected chi connectivity index (χ2v) is 6.29. The quantitative estimate of drug-likeness (QED) is 0.645. The Kier molecular flexibility index (Phi) is 2.90. The van der Waals surface area contributed by atoms with Gasteiger partial charge in [-0.25, -0.2) is 0 Å². The van der Waals surface area contributed by atoms with Gasteiger partial charge in [-0.15, -0.1) is 11.3 Å². The average Bonchev–Trinajstić information content (AvgIpc) is 2.61. The maximum absolute atomic E-state index is 2.31. The van der Waals surface area contributed by atoms with E-state index in [1.165, 1.54) is 20.9 Å². The third-order valence-electron chi connectivity index (χ3n) is 2.66. The molecule has 0 aliphatic rings. The van der Waals surface area contributed by atoms with Gasteiger partial charge in [0.2, 0.25) is 0 Å². The Morgan fingerprint density at radius 3 is 2.12 bits per heavy atom. The molecule has 1 aromatic heterocycles. The summed E-state index contributed by atoms with van der Waals surface area (Å²) < 4.78 is 0. The van der Waals surface area contributed by atoms with Crippen molar-refractivity contribution >= 4 is 11.3 Å². The van der Waals surface area contributed by atoms with E-state index in [1.54, 1.807) is 0 Å². The van der Waals surface area contributed by atoms with Crippen LogP contribution in [0.5, 0.6) is 0 Å². The lowest BCUT2D eigenvalue weighted by molar-refractivity contribution is 0.600. The first kappa shape index (κ1) is 11.4. The third-order valence-corrected chi connectivity index (χ3v) is 4.37. The highest BCUT2D eigenvalue weighted by Gasteiger charge is 2.19. The number of benzene rings is 1. The standard InChI is InChI=1S/C15H18S/c1-11-10-13(12-8-6-5-7-9-12)16-14(11)15(2,3)4/h5-10H,1-4H3. The summed E-state index contributed by atoms with van der Waals surface area (Å²) in [6.07, 6.45) is 0. The van der Waals surface area contributed by atoms with Crippen molar-refractivity contribution in [3.05, 3.63) is 46.8 Å². The first-order valence-electron chi connectivity index (χ1n) is 5.65. The topological polar surface area (TPSA) is 0 Å². The molecule has 2 aromatic rings. The molecule has 1 heterocycles. The minimum atomic E-state index is 0.252. The summed E-state index contributed by atoms with van der Waals surface area (Å²) >= 11 is 1.92. The van der Waals surface area contributed by atoms with Gasteiger partial charge in [0.25, 0.3) is 0 Å². The summed E-state index contributed by atoms with van der Waals surface area (Å²) in [6, 6.07) is 12.9. The third kappa shape index (κ3) is 2.19. The molecule has 2 rings (SSSR count). The Hall–Kier alpha value is -1.08. The van der Waals surface area contributed by atoms with Gasteiger partial charge in [0.1, 0.15) is 0 Å². The van der Waals surface area contributed by atoms with Crippen LogP contribution in [0.1, 0.15) is 31.2 Å². The predicted octanol–water partition coefficient (Wildman–Crippen LogP) is 5.02. The van der Waals surface area contributed by atoms with Gasteiger partial charge in [-0.1, -0.05) is 51.1 Å². The monoisotopic (exact) mass is 230 g/mol. The molecule has 1 aromatic carbocycles. The maximum Gasteiger partial charge on any atom is 0.0348 e. The van der Waals surface area contributed by atoms with Crippen molar-refractivity contribution in [1.82, 2.24) is 0 Å². The van der Waals surface area contributed by atoms with Crippen LogP contribution >= 0.6 is 11.3 Å². The molecule has 0 aliphatic carbocycles. The van der Waals surface area contributed by atoms with Gasteiger partial charge in [0.15, 0.2) is 0 Å². The minimum Gasteiger partial charge on any atom is -0.139 e. The SMILES string of the molecule is Cc1cc(-c2ccccc2)sc1C(C)(C)C. The summed E-state index contributed by atoms with van der Waals surface area (Å²) in [4.78, 5) is 2.87. The Labute approximate surface area is 102 Å². The zero-order valence-electron chi connectivity index (χ0n) is 10.4. The lowest BCUT2D eigenvalue weighted by Crippen LogP contribution is -2.09. The highest BCUT2D eigenvalue weighted by Crippen LogP contribution is 2.37. The van der Waals surface area contributed by atoms with Crippen molar-refractivity contribution in [3.63, 3.8) is 0 Å². The Morgan fingerprint density at radius 1 is 1.00 bits per heavy atom. The van der Waals surface area contributed by atoms with Crippen molar-refractivity contribution in [2.75, 3.05) is 0 Å². The first-order valence-corrected chi connectivity index (χ1v) is 6.46. The van der Waals surface area contributed by atoms with Crippen LogP contribution in [-0.2, 0) is 5.41 Å². The van der Waals surface area contributed by atoms with Crippen LogP contribution in [-0.4, -0.2) is 0 Å². The van der Waals surface area contributed by atoms with Crippen LogP contribution in [0, 0.1) is 6.92 Å². The summed E-state index contributed by atoms with van der Waals surface area (Å²) in [5, 5.41) is 0. The van der Waals surface area contributed by atoms with E-state index in [4.69, 9.17) is 0 Å². The van der Waals surface area contributed by atoms with Crippen LogP contribution < -0.4 is 0 Å². The van der Waals surface area contributed by atoms with Crippen molar-refractivity contribution in [2.45, 2.75) is 33.1 Å². The van der Waals surface area contributed by atoms with Crippen LogP contribution in [0.3, 0.4) is 0 Å². The molecule has 0 radical (unpaired) electrons. The van der Waals surface area contributed by atoms with E-state index in [0.29, 0.717) is 0 Å². The van der Waals surface area contributed by atoms with Crippen LogP contribution in [0.4, 0.5) is 0 Å². The fourth-order valence-electron chi connectivity index (χ4n) is 1.97. The molecule has 0 spiro atoms. The Morgan fingerprint density at radius 2 is 1.62 bits per heavy atom. The highest BCUT2D eigenvalue weighted by molar-refractivity contribution is 7.15. The molecule has 0 aliphatic heterocycles. The zero-order valence-corrected chi connectivity index (χ0v) is 11.2. The van der Waals surface area contributed by atoms with E-state index in [1.807, 2.05) is 11.3 Å². The van der Waals surface area contributed by atoms with Crippen molar-refractivity contribution in [1.29, 1.82) is 0 Å². The summed E-state index contributed by atoms with van der Waals surface area (Å²) in [6.45, 7) is 9.05. The van der Waals surface area contributed by atoms with Crippen molar-refractivity contribution in [3.8, 4) is 10.4 Å². The summed E-state index contributed by atoms with van der Waals surface area (Å²) in [5.74, 6) is 0. The van der Waals surface area contributed by atoms with E-state index in [-0.39, 0.29) is 5.41 Å². The molecule has 0 unspecified atom stereocenters. The lowest BCUT2D eigenvalue weighted by atomic mass is 9.92. The number of rotatable bonds is 1. The lowest BCUT2D eigenvalue weighted by Gasteiger charge is -2.17. The van der Waals surface area contributed by atoms with Gasteiger partial charge in [0, 0.05) is 9.75 Å². The van der Waals surface area contributed by atoms with Crippen LogP contribution in [0.25, 0.3) is 10.4 Å². The molecule has 84 valence electrons. The molecule has 0 nitrogen and oxygen atoms in total. The fourth-order valence-corrected chi connectivity index (χ4v) is 3.21. The largest absolute Gasteiger partial charge is 0.139 e. The molecule has 0 N–H and O–H groups in total. The molecular weight excluding hydrogens is 212 g/mol. The summed E-state index contributed by atoms with van der Waals surface area (Å²) in [5.41, 5.74) is 2.99. The minimum absolute atomic E-state index is 0.252. The van der Waals surface area contributed by atoms with Gasteiger partial charge in [0.05, 0.1) is 0 Å². The number of hydrogen-bond donors (Lipinski definition) is 0. The number of aryl methyl sites for hydroxylation is 1. The van der Waals surface area contributed by atoms with Gasteiger partial charge < -0.3 is 0 Å². The van der Waals surface area contributed by atoms with Gasteiger partial charge in [-0.05, 0) is 29.5 Å². The van der Waals surface area contributed by atoms with E-state index in [0.717, 1.165) is 0 Å². The van der Waals surface area contributed by atoms with E-state index < -0.39 is 0 Å². The van der Waals surface area contributed by atoms with Crippen LogP contribution in [0.15, 0.2) is 36.4 Å². The van der Waals surface area contributed by atoms with Crippen LogP contribution in [0.2, 0.25) is 0 Å². The predicted molar refractivity (Wildman–Crippen MR) is 73.2 cm³/mol. The van der Waals surface area contributed by atoms with Gasteiger partial charge >= 0.3 is 0 Å². The molecule has 0 saturated heterocycles. The summed E-state index contributed by atoms with van der Waals surface area (Å²) in [7, 11) is 0. The normalized spacial score (nSPS) is 11.8. The van der Waals surface area contributed by atoms with Crippen molar-refractivity contribution in [2.24, 2.45) is 0 Å². The average molecular weight is 230 g/mol. The van der Waals surface area contributed by atoms with Crippen molar-refractivity contribution < 1.29 is 0 Å². The highest BCUT2D eigenvalue weighted by atomic mass is 32.1. The smallest absolute Gasteiger partial charge is 0.0348 e. The molecular formula is C15H18S. The molecule has 1 heteroatoms. The Balaban J connectivity index is 2.47. The molecule has 0 saturated carbocycles. The van der Waals surface area contributed by atoms with Gasteiger partial charge in [-0.2, -0.15) is 0 Å². The number of thiophene rings is 1. The fraction of sp³-hybridized carbons (Fsp3) is 0.333. The first-order chi connectivity index (χ1) is 7.48. The van der Waals surface area contributed by atoms with Gasteiger partial charge in [-0.3, -0.25) is 0 Å². The van der Waals surface area contributed by atoms with E-state index >= 15 is 0 Å². The zero-order chi connectivity index (χ0) is 11.8. The second-order valence-electron chi connectivity index (χ2n) is 5.24. The molecule has 0 bridgehead atoms. The molecule has 16 heavy (non-hydrogen) atoms. The molecule has 0 atom stereocenters. The molecule has 0 fully saturated rings. The van der Waals surface area contributed by atoms with E-state index in [9.17, 15) is 0 Å². The maximum atomic E-state index is 2.31. The second kappa shape index (κ2) is 4.06. The number of hydrogen-bond acceptors (Lipinski definition) is 1. The Bertz CT molecular complexity index is 472. The van der Waals surface area contributed by atoms with E-state index in [2.05, 4.69) is 64.1 Å². The molecule has 0 amide bonds.